The Morgan fingerprint density at radius 1 is 1.23 bits per heavy atom. The fourth-order valence-corrected chi connectivity index (χ4v) is 3.97. The summed E-state index contributed by atoms with van der Waals surface area (Å²) in [5.74, 6) is 0.270. The van der Waals surface area contributed by atoms with Crippen LogP contribution in [0.5, 0.6) is 0 Å². The first kappa shape index (κ1) is 23.7. The zero-order valence-electron chi connectivity index (χ0n) is 16.9. The van der Waals surface area contributed by atoms with Crippen molar-refractivity contribution in [3.8, 4) is 0 Å². The molecule has 8 nitrogen and oxygen atoms in total. The van der Waals surface area contributed by atoms with Crippen LogP contribution in [-0.4, -0.2) is 65.0 Å². The lowest BCUT2D eigenvalue weighted by molar-refractivity contribution is -0.119. The molecule has 2 heterocycles. The van der Waals surface area contributed by atoms with E-state index in [2.05, 4.69) is 25.7 Å². The standard InChI is InChI=1S/C20H23Cl2N5O3S/c1-13(28)24-18-4-5-20(26-25-18)31-12-19(29)23-9-15-11-27(6-7-30-15)10-14-2-3-16(21)17(22)8-14/h2-5,8,15H,6-7,9-12H2,1H3,(H,23,29)(H,24,25,28). The smallest absolute Gasteiger partial charge is 0.230 e. The SMILES string of the molecule is CC(=O)Nc1ccc(SCC(=O)NCC2CN(Cc3ccc(Cl)c(Cl)c3)CCO2)nn1. The minimum atomic E-state index is -0.213. The van der Waals surface area contributed by atoms with Crippen LogP contribution in [0.3, 0.4) is 0 Å². The molecule has 2 aromatic rings. The number of halogens is 2. The number of rotatable bonds is 8. The molecule has 11 heteroatoms. The molecule has 0 radical (unpaired) electrons. The van der Waals surface area contributed by atoms with Gasteiger partial charge in [-0.15, -0.1) is 10.2 Å². The first-order chi connectivity index (χ1) is 14.9. The van der Waals surface area contributed by atoms with Crippen molar-refractivity contribution in [1.82, 2.24) is 20.4 Å². The highest BCUT2D eigenvalue weighted by molar-refractivity contribution is 7.99. The number of ether oxygens (including phenoxy) is 1. The number of hydrogen-bond acceptors (Lipinski definition) is 7. The van der Waals surface area contributed by atoms with E-state index in [0.717, 1.165) is 18.7 Å². The van der Waals surface area contributed by atoms with Crippen molar-refractivity contribution in [2.45, 2.75) is 24.6 Å². The Balaban J connectivity index is 1.39. The van der Waals surface area contributed by atoms with Crippen LogP contribution in [0.2, 0.25) is 10.0 Å². The summed E-state index contributed by atoms with van der Waals surface area (Å²) in [5, 5.41) is 15.0. The summed E-state index contributed by atoms with van der Waals surface area (Å²) in [5.41, 5.74) is 1.08. The van der Waals surface area contributed by atoms with Crippen molar-refractivity contribution in [3.05, 3.63) is 45.9 Å². The zero-order valence-corrected chi connectivity index (χ0v) is 19.3. The van der Waals surface area contributed by atoms with Gasteiger partial charge in [0.1, 0.15) is 5.03 Å². The maximum absolute atomic E-state index is 12.2. The predicted octanol–water partition coefficient (Wildman–Crippen LogP) is 2.85. The average Bonchev–Trinajstić information content (AvgIpc) is 2.74. The summed E-state index contributed by atoms with van der Waals surface area (Å²) in [6.45, 7) is 4.71. The van der Waals surface area contributed by atoms with Gasteiger partial charge in [-0.3, -0.25) is 14.5 Å². The summed E-state index contributed by atoms with van der Waals surface area (Å²) in [6, 6.07) is 8.99. The zero-order chi connectivity index (χ0) is 22.2. The maximum Gasteiger partial charge on any atom is 0.230 e. The number of hydrogen-bond donors (Lipinski definition) is 2. The van der Waals surface area contributed by atoms with E-state index in [-0.39, 0.29) is 23.7 Å². The Kier molecular flexibility index (Phi) is 8.91. The molecule has 1 aliphatic rings. The molecule has 166 valence electrons. The minimum Gasteiger partial charge on any atom is -0.374 e. The van der Waals surface area contributed by atoms with Gasteiger partial charge in [0.05, 0.1) is 28.5 Å². The second-order valence-corrected chi connectivity index (χ2v) is 8.82. The fourth-order valence-electron chi connectivity index (χ4n) is 3.01. The van der Waals surface area contributed by atoms with Gasteiger partial charge in [0.25, 0.3) is 0 Å². The van der Waals surface area contributed by atoms with E-state index in [9.17, 15) is 9.59 Å². The Morgan fingerprint density at radius 2 is 2.06 bits per heavy atom. The summed E-state index contributed by atoms with van der Waals surface area (Å²) in [4.78, 5) is 25.4. The van der Waals surface area contributed by atoms with E-state index in [1.54, 1.807) is 18.2 Å². The molecule has 2 amide bonds. The molecule has 3 rings (SSSR count). The van der Waals surface area contributed by atoms with Crippen LogP contribution >= 0.6 is 35.0 Å². The molecule has 1 aliphatic heterocycles. The summed E-state index contributed by atoms with van der Waals surface area (Å²) >= 11 is 13.3. The average molecular weight is 484 g/mol. The van der Waals surface area contributed by atoms with E-state index < -0.39 is 0 Å². The number of nitrogens with zero attached hydrogens (tertiary/aromatic N) is 3. The van der Waals surface area contributed by atoms with E-state index >= 15 is 0 Å². The molecule has 1 atom stereocenters. The normalized spacial score (nSPS) is 16.7. The van der Waals surface area contributed by atoms with Crippen molar-refractivity contribution in [2.75, 3.05) is 37.3 Å². The number of benzene rings is 1. The molecule has 1 fully saturated rings. The third-order valence-corrected chi connectivity index (χ3v) is 6.09. The van der Waals surface area contributed by atoms with Crippen LogP contribution in [0.15, 0.2) is 35.4 Å². The van der Waals surface area contributed by atoms with E-state index in [4.69, 9.17) is 27.9 Å². The minimum absolute atomic E-state index is 0.0813. The van der Waals surface area contributed by atoms with Gasteiger partial charge >= 0.3 is 0 Å². The number of amides is 2. The number of anilines is 1. The molecule has 0 spiro atoms. The molecule has 1 aromatic carbocycles. The number of thioether (sulfide) groups is 1. The van der Waals surface area contributed by atoms with E-state index in [1.807, 2.05) is 12.1 Å². The summed E-state index contributed by atoms with van der Waals surface area (Å²) in [7, 11) is 0. The number of carbonyl (C=O) groups is 2. The Labute approximate surface area is 195 Å². The molecule has 31 heavy (non-hydrogen) atoms. The topological polar surface area (TPSA) is 96.5 Å². The van der Waals surface area contributed by atoms with Crippen molar-refractivity contribution < 1.29 is 14.3 Å². The third kappa shape index (κ3) is 7.93. The highest BCUT2D eigenvalue weighted by Gasteiger charge is 2.21. The first-order valence-corrected chi connectivity index (χ1v) is 11.4. The van der Waals surface area contributed by atoms with Gasteiger partial charge in [0.2, 0.25) is 11.8 Å². The fraction of sp³-hybridized carbons (Fsp3) is 0.400. The molecule has 1 saturated heterocycles. The van der Waals surface area contributed by atoms with Gasteiger partial charge in [0, 0.05) is 33.1 Å². The second-order valence-electron chi connectivity index (χ2n) is 7.01. The lowest BCUT2D eigenvalue weighted by Gasteiger charge is -2.33. The lowest BCUT2D eigenvalue weighted by Crippen LogP contribution is -2.47. The largest absolute Gasteiger partial charge is 0.374 e. The van der Waals surface area contributed by atoms with Gasteiger partial charge in [-0.05, 0) is 29.8 Å². The highest BCUT2D eigenvalue weighted by atomic mass is 35.5. The number of nitrogens with one attached hydrogen (secondary N) is 2. The number of morpholine rings is 1. The van der Waals surface area contributed by atoms with E-state index in [1.165, 1.54) is 18.7 Å². The lowest BCUT2D eigenvalue weighted by atomic mass is 10.2. The van der Waals surface area contributed by atoms with Crippen molar-refractivity contribution >= 4 is 52.6 Å². The number of carbonyl (C=O) groups excluding carboxylic acids is 2. The van der Waals surface area contributed by atoms with E-state index in [0.29, 0.717) is 40.6 Å². The molecular weight excluding hydrogens is 461 g/mol. The highest BCUT2D eigenvalue weighted by Crippen LogP contribution is 2.23. The number of aromatic nitrogens is 2. The summed E-state index contributed by atoms with van der Waals surface area (Å²) in [6.07, 6.45) is -0.0813. The van der Waals surface area contributed by atoms with Crippen LogP contribution in [0, 0.1) is 0 Å². The molecule has 0 saturated carbocycles. The van der Waals surface area contributed by atoms with Crippen LogP contribution in [0.25, 0.3) is 0 Å². The molecule has 2 N–H and O–H groups in total. The maximum atomic E-state index is 12.2. The quantitative estimate of drug-likeness (QED) is 0.557. The van der Waals surface area contributed by atoms with Gasteiger partial charge in [-0.1, -0.05) is 41.0 Å². The Hall–Kier alpha value is -1.91. The van der Waals surface area contributed by atoms with Crippen LogP contribution < -0.4 is 10.6 Å². The van der Waals surface area contributed by atoms with Gasteiger partial charge in [-0.25, -0.2) is 0 Å². The second kappa shape index (κ2) is 11.6. The molecule has 0 aliphatic carbocycles. The molecular formula is C20H23Cl2N5O3S. The molecule has 0 bridgehead atoms. The van der Waals surface area contributed by atoms with Crippen LogP contribution in [0.4, 0.5) is 5.82 Å². The Morgan fingerprint density at radius 3 is 2.77 bits per heavy atom. The predicted molar refractivity (Wildman–Crippen MR) is 122 cm³/mol. The van der Waals surface area contributed by atoms with Crippen molar-refractivity contribution in [1.29, 1.82) is 0 Å². The monoisotopic (exact) mass is 483 g/mol. The van der Waals surface area contributed by atoms with Crippen molar-refractivity contribution in [3.63, 3.8) is 0 Å². The van der Waals surface area contributed by atoms with Crippen LogP contribution in [0.1, 0.15) is 12.5 Å². The molecule has 1 aromatic heterocycles. The van der Waals surface area contributed by atoms with Crippen LogP contribution in [-0.2, 0) is 20.9 Å². The van der Waals surface area contributed by atoms with Gasteiger partial charge in [-0.2, -0.15) is 0 Å². The van der Waals surface area contributed by atoms with Gasteiger partial charge < -0.3 is 15.4 Å². The Bertz CT molecular complexity index is 916. The third-order valence-electron chi connectivity index (χ3n) is 4.44. The van der Waals surface area contributed by atoms with Crippen molar-refractivity contribution in [2.24, 2.45) is 0 Å². The summed E-state index contributed by atoms with van der Waals surface area (Å²) < 4.78 is 5.78. The molecule has 1 unspecified atom stereocenters. The first-order valence-electron chi connectivity index (χ1n) is 9.68. The van der Waals surface area contributed by atoms with Gasteiger partial charge in [0.15, 0.2) is 5.82 Å².